The molecule has 0 saturated heterocycles. The van der Waals surface area contributed by atoms with Crippen LogP contribution in [-0.4, -0.2) is 25.1 Å². The number of hydrogen-bond donors (Lipinski definition) is 1. The molecule has 6 heteroatoms. The van der Waals surface area contributed by atoms with Gasteiger partial charge in [0.05, 0.1) is 23.4 Å². The summed E-state index contributed by atoms with van der Waals surface area (Å²) in [7, 11) is 1.28. The zero-order chi connectivity index (χ0) is 17.7. The fourth-order valence-electron chi connectivity index (χ4n) is 2.05. The molecule has 2 aromatic carbocycles. The Morgan fingerprint density at radius 1 is 1.17 bits per heavy atom. The highest BCUT2D eigenvalue weighted by Gasteiger charge is 2.17. The molecule has 24 heavy (non-hydrogen) atoms. The minimum Gasteiger partial charge on any atom is -0.481 e. The highest BCUT2D eigenvalue weighted by molar-refractivity contribution is 6.33. The Labute approximate surface area is 145 Å². The van der Waals surface area contributed by atoms with Crippen LogP contribution in [0.15, 0.2) is 42.5 Å². The van der Waals surface area contributed by atoms with E-state index in [1.54, 1.807) is 13.0 Å². The molecule has 2 aromatic rings. The second-order valence-electron chi connectivity index (χ2n) is 5.25. The van der Waals surface area contributed by atoms with E-state index in [0.717, 1.165) is 5.56 Å². The third-order valence-corrected chi connectivity index (χ3v) is 3.65. The maximum absolute atomic E-state index is 12.3. The van der Waals surface area contributed by atoms with Crippen LogP contribution in [0.5, 0.6) is 5.75 Å². The molecule has 0 bridgehead atoms. The van der Waals surface area contributed by atoms with Crippen molar-refractivity contribution >= 4 is 29.2 Å². The Balaban J connectivity index is 2.09. The molecule has 0 aliphatic rings. The number of carbonyl (C=O) groups is 2. The highest BCUT2D eigenvalue weighted by Crippen LogP contribution is 2.24. The maximum Gasteiger partial charge on any atom is 0.337 e. The lowest BCUT2D eigenvalue weighted by atomic mass is 10.2. The maximum atomic E-state index is 12.3. The molecular weight excluding hydrogens is 330 g/mol. The van der Waals surface area contributed by atoms with Gasteiger partial charge in [0.1, 0.15) is 5.75 Å². The van der Waals surface area contributed by atoms with Crippen molar-refractivity contribution in [3.8, 4) is 5.75 Å². The van der Waals surface area contributed by atoms with Crippen molar-refractivity contribution in [2.45, 2.75) is 20.0 Å². The number of aryl methyl sites for hydroxylation is 1. The first-order valence-electron chi connectivity index (χ1n) is 7.32. The van der Waals surface area contributed by atoms with Gasteiger partial charge in [0, 0.05) is 0 Å². The third-order valence-electron chi connectivity index (χ3n) is 3.32. The van der Waals surface area contributed by atoms with Crippen LogP contribution in [0.2, 0.25) is 5.02 Å². The summed E-state index contributed by atoms with van der Waals surface area (Å²) in [6.07, 6.45) is -0.732. The SMILES string of the molecule is COC(=O)c1ccc(Cl)c(NC(=O)C(C)Oc2cccc(C)c2)c1. The minimum absolute atomic E-state index is 0.296. The molecule has 1 amide bonds. The van der Waals surface area contributed by atoms with Gasteiger partial charge in [-0.25, -0.2) is 4.79 Å². The van der Waals surface area contributed by atoms with E-state index < -0.39 is 12.1 Å². The molecule has 1 N–H and O–H groups in total. The first kappa shape index (κ1) is 17.8. The minimum atomic E-state index is -0.732. The number of rotatable bonds is 5. The van der Waals surface area contributed by atoms with Crippen LogP contribution in [0.4, 0.5) is 5.69 Å². The molecule has 0 saturated carbocycles. The Morgan fingerprint density at radius 2 is 1.92 bits per heavy atom. The quantitative estimate of drug-likeness (QED) is 0.834. The van der Waals surface area contributed by atoms with Crippen molar-refractivity contribution < 1.29 is 19.1 Å². The molecule has 126 valence electrons. The van der Waals surface area contributed by atoms with Gasteiger partial charge in [-0.3, -0.25) is 4.79 Å². The molecule has 2 rings (SSSR count). The normalized spacial score (nSPS) is 11.5. The van der Waals surface area contributed by atoms with E-state index in [2.05, 4.69) is 10.1 Å². The van der Waals surface area contributed by atoms with Gasteiger partial charge >= 0.3 is 5.97 Å². The van der Waals surface area contributed by atoms with Gasteiger partial charge in [-0.1, -0.05) is 23.7 Å². The number of anilines is 1. The number of carbonyl (C=O) groups excluding carboxylic acids is 2. The van der Waals surface area contributed by atoms with Crippen molar-refractivity contribution in [3.05, 3.63) is 58.6 Å². The fourth-order valence-corrected chi connectivity index (χ4v) is 2.21. The molecule has 1 unspecified atom stereocenters. The average molecular weight is 348 g/mol. The first-order chi connectivity index (χ1) is 11.4. The Kier molecular flexibility index (Phi) is 5.82. The van der Waals surface area contributed by atoms with Gasteiger partial charge in [0.25, 0.3) is 5.91 Å². The van der Waals surface area contributed by atoms with E-state index in [1.165, 1.54) is 25.3 Å². The molecule has 5 nitrogen and oxygen atoms in total. The van der Waals surface area contributed by atoms with Crippen molar-refractivity contribution in [2.75, 3.05) is 12.4 Å². The molecular formula is C18H18ClNO4. The molecule has 0 radical (unpaired) electrons. The Morgan fingerprint density at radius 3 is 2.58 bits per heavy atom. The van der Waals surface area contributed by atoms with E-state index in [0.29, 0.717) is 22.0 Å². The number of halogens is 1. The monoisotopic (exact) mass is 347 g/mol. The van der Waals surface area contributed by atoms with Crippen molar-refractivity contribution in [3.63, 3.8) is 0 Å². The summed E-state index contributed by atoms with van der Waals surface area (Å²) in [6.45, 7) is 3.57. The van der Waals surface area contributed by atoms with Gasteiger partial charge in [-0.15, -0.1) is 0 Å². The number of benzene rings is 2. The zero-order valence-corrected chi connectivity index (χ0v) is 14.4. The molecule has 0 aliphatic carbocycles. The van der Waals surface area contributed by atoms with Gasteiger partial charge in [0.2, 0.25) is 0 Å². The Bertz CT molecular complexity index is 760. The molecule has 0 aliphatic heterocycles. The molecule has 1 atom stereocenters. The van der Waals surface area contributed by atoms with Crippen LogP contribution in [0, 0.1) is 6.92 Å². The van der Waals surface area contributed by atoms with Gasteiger partial charge in [-0.05, 0) is 49.7 Å². The summed E-state index contributed by atoms with van der Waals surface area (Å²) in [4.78, 5) is 23.9. The van der Waals surface area contributed by atoms with Crippen molar-refractivity contribution in [1.82, 2.24) is 0 Å². The average Bonchev–Trinajstić information content (AvgIpc) is 2.56. The number of methoxy groups -OCH3 is 1. The second-order valence-corrected chi connectivity index (χ2v) is 5.66. The first-order valence-corrected chi connectivity index (χ1v) is 7.70. The fraction of sp³-hybridized carbons (Fsp3) is 0.222. The van der Waals surface area contributed by atoms with Gasteiger partial charge in [-0.2, -0.15) is 0 Å². The second kappa shape index (κ2) is 7.84. The van der Waals surface area contributed by atoms with Gasteiger partial charge < -0.3 is 14.8 Å². The predicted octanol–water partition coefficient (Wildman–Crippen LogP) is 3.84. The van der Waals surface area contributed by atoms with Crippen molar-refractivity contribution in [2.24, 2.45) is 0 Å². The van der Waals surface area contributed by atoms with E-state index in [4.69, 9.17) is 16.3 Å². The van der Waals surface area contributed by atoms with Crippen LogP contribution < -0.4 is 10.1 Å². The van der Waals surface area contributed by atoms with Crippen molar-refractivity contribution in [1.29, 1.82) is 0 Å². The molecule has 0 heterocycles. The smallest absolute Gasteiger partial charge is 0.337 e. The largest absolute Gasteiger partial charge is 0.481 e. The van der Waals surface area contributed by atoms with Crippen LogP contribution >= 0.6 is 11.6 Å². The Hall–Kier alpha value is -2.53. The summed E-state index contributed by atoms with van der Waals surface area (Å²) in [6, 6.07) is 11.9. The summed E-state index contributed by atoms with van der Waals surface area (Å²) in [5, 5.41) is 2.98. The van der Waals surface area contributed by atoms with Gasteiger partial charge in [0.15, 0.2) is 6.10 Å². The highest BCUT2D eigenvalue weighted by atomic mass is 35.5. The summed E-state index contributed by atoms with van der Waals surface area (Å²) in [5.74, 6) is -0.279. The number of amides is 1. The summed E-state index contributed by atoms with van der Waals surface area (Å²) in [5.41, 5.74) is 1.66. The molecule has 0 spiro atoms. The third kappa shape index (κ3) is 4.49. The van der Waals surface area contributed by atoms with Crippen LogP contribution in [0.25, 0.3) is 0 Å². The lowest BCUT2D eigenvalue weighted by molar-refractivity contribution is -0.122. The summed E-state index contributed by atoms with van der Waals surface area (Å²) >= 11 is 6.07. The molecule has 0 aromatic heterocycles. The summed E-state index contributed by atoms with van der Waals surface area (Å²) < 4.78 is 10.3. The van der Waals surface area contributed by atoms with E-state index in [-0.39, 0.29) is 5.91 Å². The topological polar surface area (TPSA) is 64.6 Å². The number of esters is 1. The van der Waals surface area contributed by atoms with E-state index in [1.807, 2.05) is 25.1 Å². The predicted molar refractivity (Wildman–Crippen MR) is 92.7 cm³/mol. The molecule has 0 fully saturated rings. The van der Waals surface area contributed by atoms with E-state index >= 15 is 0 Å². The van der Waals surface area contributed by atoms with Crippen LogP contribution in [-0.2, 0) is 9.53 Å². The lowest BCUT2D eigenvalue weighted by Crippen LogP contribution is -2.30. The standard InChI is InChI=1S/C18H18ClNO4/c1-11-5-4-6-14(9-11)24-12(2)17(21)20-16-10-13(18(22)23-3)7-8-15(16)19/h4-10,12H,1-3H3,(H,20,21). The lowest BCUT2D eigenvalue weighted by Gasteiger charge is -2.16. The number of ether oxygens (including phenoxy) is 2. The number of hydrogen-bond acceptors (Lipinski definition) is 4. The number of nitrogens with one attached hydrogen (secondary N) is 1. The van der Waals surface area contributed by atoms with Crippen LogP contribution in [0.3, 0.4) is 0 Å². The van der Waals surface area contributed by atoms with Crippen LogP contribution in [0.1, 0.15) is 22.8 Å². The van der Waals surface area contributed by atoms with E-state index in [9.17, 15) is 9.59 Å². The zero-order valence-electron chi connectivity index (χ0n) is 13.6.